The molecule has 1 unspecified atom stereocenters. The van der Waals surface area contributed by atoms with Crippen molar-refractivity contribution in [3.05, 3.63) is 78.0 Å². The molecule has 0 saturated carbocycles. The molecule has 1 aliphatic rings. The van der Waals surface area contributed by atoms with Gasteiger partial charge in [0.15, 0.2) is 23.1 Å². The molecule has 260 valence electrons. The van der Waals surface area contributed by atoms with Crippen LogP contribution >= 0.6 is 0 Å². The number of morpholine rings is 1. The number of hydrogen-bond acceptors (Lipinski definition) is 8. The third kappa shape index (κ3) is 8.62. The topological polar surface area (TPSA) is 111 Å². The number of rotatable bonds is 14. The Morgan fingerprint density at radius 1 is 0.959 bits per heavy atom. The van der Waals surface area contributed by atoms with Crippen molar-refractivity contribution < 1.29 is 37.3 Å². The van der Waals surface area contributed by atoms with Crippen LogP contribution in [0.5, 0.6) is 23.0 Å². The van der Waals surface area contributed by atoms with Gasteiger partial charge in [-0.25, -0.2) is 8.78 Å². The Hall–Kier alpha value is -4.81. The van der Waals surface area contributed by atoms with Crippen molar-refractivity contribution in [3.63, 3.8) is 0 Å². The largest absolute Gasteiger partial charge is 0.493 e. The maximum absolute atomic E-state index is 15.5. The highest BCUT2D eigenvalue weighted by molar-refractivity contribution is 6.14. The van der Waals surface area contributed by atoms with Crippen LogP contribution in [0, 0.1) is 24.0 Å². The van der Waals surface area contributed by atoms with Crippen LogP contribution in [-0.4, -0.2) is 68.3 Å². The number of amides is 2. The molecule has 3 aromatic carbocycles. The van der Waals surface area contributed by atoms with Crippen LogP contribution in [0.4, 0.5) is 20.2 Å². The number of fused-ring (bicyclic) bond motifs is 1. The number of anilines is 2. The second kappa shape index (κ2) is 16.1. The molecule has 2 heterocycles. The van der Waals surface area contributed by atoms with E-state index in [2.05, 4.69) is 20.5 Å². The highest BCUT2D eigenvalue weighted by Crippen LogP contribution is 2.39. The van der Waals surface area contributed by atoms with Gasteiger partial charge in [0.1, 0.15) is 17.0 Å². The van der Waals surface area contributed by atoms with Gasteiger partial charge in [0.25, 0.3) is 0 Å². The zero-order valence-corrected chi connectivity index (χ0v) is 28.2. The number of carbonyl (C=O) groups is 2. The molecule has 0 radical (unpaired) electrons. The zero-order chi connectivity index (χ0) is 35.0. The SMILES string of the molecule is CCCC(C)(C(=O)Nc1ccc(F)cc1)C(=O)Nc1cc(F)c(Oc2ccnc3cc(OCCCN4CCOCC4)c(OC)cc23)cc1C. The van der Waals surface area contributed by atoms with E-state index in [4.69, 9.17) is 18.9 Å². The van der Waals surface area contributed by atoms with Crippen LogP contribution < -0.4 is 24.8 Å². The van der Waals surface area contributed by atoms with E-state index in [1.54, 1.807) is 38.4 Å². The standard InChI is InChI=1S/C37H42F2N4O6/c1-5-12-37(3,35(44)41-26-9-7-25(38)8-10-26)36(45)42-29-22-28(39)32(20-24(29)2)49-31-11-13-40-30-23-34(33(46-4)21-27(30)31)48-17-6-14-43-15-18-47-19-16-43/h7-11,13,20-23H,5-6,12,14-19H2,1-4H3,(H,41,44)(H,42,45). The van der Waals surface area contributed by atoms with E-state index in [1.165, 1.54) is 43.3 Å². The summed E-state index contributed by atoms with van der Waals surface area (Å²) in [5.74, 6) is -0.990. The molecule has 5 rings (SSSR count). The number of ether oxygens (including phenoxy) is 4. The molecule has 0 bridgehead atoms. The number of carbonyl (C=O) groups excluding carboxylic acids is 2. The molecule has 12 heteroatoms. The Morgan fingerprint density at radius 2 is 1.69 bits per heavy atom. The van der Waals surface area contributed by atoms with Crippen LogP contribution in [0.25, 0.3) is 10.9 Å². The number of pyridine rings is 1. The molecule has 1 saturated heterocycles. The summed E-state index contributed by atoms with van der Waals surface area (Å²) in [5, 5.41) is 6.01. The Morgan fingerprint density at radius 3 is 2.41 bits per heavy atom. The maximum Gasteiger partial charge on any atom is 0.239 e. The zero-order valence-electron chi connectivity index (χ0n) is 28.2. The Balaban J connectivity index is 1.29. The van der Waals surface area contributed by atoms with Crippen LogP contribution in [0.1, 0.15) is 38.7 Å². The van der Waals surface area contributed by atoms with Crippen molar-refractivity contribution in [2.45, 2.75) is 40.0 Å². The monoisotopic (exact) mass is 676 g/mol. The third-order valence-corrected chi connectivity index (χ3v) is 8.57. The van der Waals surface area contributed by atoms with Gasteiger partial charge in [-0.15, -0.1) is 0 Å². The summed E-state index contributed by atoms with van der Waals surface area (Å²) >= 11 is 0. The van der Waals surface area contributed by atoms with Gasteiger partial charge in [0.2, 0.25) is 11.8 Å². The fourth-order valence-electron chi connectivity index (χ4n) is 5.66. The fourth-order valence-corrected chi connectivity index (χ4v) is 5.66. The van der Waals surface area contributed by atoms with Gasteiger partial charge >= 0.3 is 0 Å². The van der Waals surface area contributed by atoms with Gasteiger partial charge in [-0.2, -0.15) is 0 Å². The first-order valence-corrected chi connectivity index (χ1v) is 16.4. The summed E-state index contributed by atoms with van der Waals surface area (Å²) in [7, 11) is 1.55. The predicted octanol–water partition coefficient (Wildman–Crippen LogP) is 7.11. The first-order valence-electron chi connectivity index (χ1n) is 16.4. The Kier molecular flexibility index (Phi) is 11.6. The summed E-state index contributed by atoms with van der Waals surface area (Å²) in [6.45, 7) is 9.83. The van der Waals surface area contributed by atoms with E-state index in [0.717, 1.165) is 39.3 Å². The third-order valence-electron chi connectivity index (χ3n) is 8.57. The van der Waals surface area contributed by atoms with Gasteiger partial charge in [0, 0.05) is 54.7 Å². The van der Waals surface area contributed by atoms with Crippen LogP contribution in [-0.2, 0) is 14.3 Å². The van der Waals surface area contributed by atoms with E-state index in [-0.39, 0.29) is 17.9 Å². The Labute approximate surface area is 284 Å². The van der Waals surface area contributed by atoms with Crippen molar-refractivity contribution in [2.24, 2.45) is 5.41 Å². The van der Waals surface area contributed by atoms with Gasteiger partial charge in [-0.05, 0) is 74.7 Å². The number of aryl methyl sites for hydroxylation is 1. The summed E-state index contributed by atoms with van der Waals surface area (Å²) in [6, 6.07) is 13.1. The lowest BCUT2D eigenvalue weighted by Gasteiger charge is -2.27. The maximum atomic E-state index is 15.5. The van der Waals surface area contributed by atoms with Crippen molar-refractivity contribution in [2.75, 3.05) is 57.2 Å². The average molecular weight is 677 g/mol. The summed E-state index contributed by atoms with van der Waals surface area (Å²) in [4.78, 5) is 33.6. The molecule has 49 heavy (non-hydrogen) atoms. The van der Waals surface area contributed by atoms with E-state index in [1.807, 2.05) is 6.92 Å². The Bertz CT molecular complexity index is 1780. The minimum atomic E-state index is -1.48. The molecule has 1 aliphatic heterocycles. The van der Waals surface area contributed by atoms with Crippen molar-refractivity contribution >= 4 is 34.1 Å². The predicted molar refractivity (Wildman–Crippen MR) is 184 cm³/mol. The molecule has 0 spiro atoms. The number of benzene rings is 3. The lowest BCUT2D eigenvalue weighted by Crippen LogP contribution is -2.44. The van der Waals surface area contributed by atoms with E-state index in [0.29, 0.717) is 52.4 Å². The lowest BCUT2D eigenvalue weighted by atomic mass is 9.83. The molecule has 1 atom stereocenters. The van der Waals surface area contributed by atoms with Crippen LogP contribution in [0.15, 0.2) is 60.8 Å². The minimum absolute atomic E-state index is 0.0595. The van der Waals surface area contributed by atoms with Crippen molar-refractivity contribution in [3.8, 4) is 23.0 Å². The molecule has 0 aliphatic carbocycles. The first-order chi connectivity index (χ1) is 23.6. The van der Waals surface area contributed by atoms with Crippen molar-refractivity contribution in [1.82, 2.24) is 9.88 Å². The minimum Gasteiger partial charge on any atom is -0.493 e. The number of hydrogen-bond donors (Lipinski definition) is 2. The summed E-state index contributed by atoms with van der Waals surface area (Å²) in [5.41, 5.74) is 0.169. The molecular weight excluding hydrogens is 634 g/mol. The van der Waals surface area contributed by atoms with Gasteiger partial charge < -0.3 is 29.6 Å². The normalized spacial score (nSPS) is 14.6. The lowest BCUT2D eigenvalue weighted by molar-refractivity contribution is -0.136. The molecule has 2 amide bonds. The molecule has 1 fully saturated rings. The molecule has 10 nitrogen and oxygen atoms in total. The van der Waals surface area contributed by atoms with Gasteiger partial charge in [0.05, 0.1) is 32.4 Å². The smallest absolute Gasteiger partial charge is 0.239 e. The number of aromatic nitrogens is 1. The number of halogens is 2. The average Bonchev–Trinajstić information content (AvgIpc) is 3.10. The van der Waals surface area contributed by atoms with Gasteiger partial charge in [-0.1, -0.05) is 13.3 Å². The number of nitrogens with one attached hydrogen (secondary N) is 2. The van der Waals surface area contributed by atoms with Crippen molar-refractivity contribution in [1.29, 1.82) is 0 Å². The highest BCUT2D eigenvalue weighted by atomic mass is 19.1. The first kappa shape index (κ1) is 35.5. The molecule has 2 N–H and O–H groups in total. The van der Waals surface area contributed by atoms with E-state index < -0.39 is 28.9 Å². The number of nitrogens with zero attached hydrogens (tertiary/aromatic N) is 2. The van der Waals surface area contributed by atoms with Crippen LogP contribution in [0.3, 0.4) is 0 Å². The van der Waals surface area contributed by atoms with E-state index in [9.17, 15) is 14.0 Å². The highest BCUT2D eigenvalue weighted by Gasteiger charge is 2.40. The van der Waals surface area contributed by atoms with E-state index >= 15 is 4.39 Å². The summed E-state index contributed by atoms with van der Waals surface area (Å²) < 4.78 is 52.0. The second-order valence-corrected chi connectivity index (χ2v) is 12.2. The quantitative estimate of drug-likeness (QED) is 0.107. The van der Waals surface area contributed by atoms with Crippen LogP contribution in [0.2, 0.25) is 0 Å². The number of methoxy groups -OCH3 is 1. The molecule has 4 aromatic rings. The molecule has 1 aromatic heterocycles. The fraction of sp³-hybridized carbons (Fsp3) is 0.378. The van der Waals surface area contributed by atoms with Gasteiger partial charge in [-0.3, -0.25) is 19.5 Å². The molecular formula is C37H42F2N4O6. The summed E-state index contributed by atoms with van der Waals surface area (Å²) in [6.07, 6.45) is 3.17. The second-order valence-electron chi connectivity index (χ2n) is 12.2.